The van der Waals surface area contributed by atoms with Gasteiger partial charge in [-0.15, -0.1) is 11.3 Å². The predicted molar refractivity (Wildman–Crippen MR) is 146 cm³/mol. The molecule has 38 heavy (non-hydrogen) atoms. The molecule has 0 saturated carbocycles. The predicted octanol–water partition coefficient (Wildman–Crippen LogP) is 5.49. The molecule has 1 saturated heterocycles. The summed E-state index contributed by atoms with van der Waals surface area (Å²) in [5.74, 6) is -1.19. The number of nitrogens with one attached hydrogen (secondary N) is 1. The number of fused-ring (bicyclic) bond motifs is 1. The second-order valence-electron chi connectivity index (χ2n) is 9.40. The molecule has 5 rings (SSSR count). The van der Waals surface area contributed by atoms with Crippen LogP contribution in [0.25, 0.3) is 0 Å². The summed E-state index contributed by atoms with van der Waals surface area (Å²) in [7, 11) is 1.59. The van der Waals surface area contributed by atoms with Gasteiger partial charge in [-0.25, -0.2) is 4.39 Å². The van der Waals surface area contributed by atoms with E-state index in [0.29, 0.717) is 15.8 Å². The van der Waals surface area contributed by atoms with Crippen LogP contribution < -0.4 is 15.0 Å². The van der Waals surface area contributed by atoms with E-state index >= 15 is 0 Å². The van der Waals surface area contributed by atoms with Gasteiger partial charge in [-0.2, -0.15) is 0 Å². The number of hydrogen-bond donors (Lipinski definition) is 1. The number of amides is 2. The number of ketones is 1. The molecule has 2 amide bonds. The number of likely N-dealkylation sites (tertiary alicyclic amines) is 1. The van der Waals surface area contributed by atoms with Gasteiger partial charge in [0.1, 0.15) is 17.3 Å². The van der Waals surface area contributed by atoms with E-state index in [4.69, 9.17) is 16.3 Å². The number of ether oxygens (including phenoxy) is 1. The van der Waals surface area contributed by atoms with E-state index in [1.54, 1.807) is 37.4 Å². The fourth-order valence-electron chi connectivity index (χ4n) is 4.87. The molecule has 1 aromatic heterocycles. The second kappa shape index (κ2) is 11.1. The Hall–Kier alpha value is -3.43. The number of carbonyl (C=O) groups excluding carboxylic acids is 3. The lowest BCUT2D eigenvalue weighted by atomic mass is 9.95. The Morgan fingerprint density at radius 2 is 1.87 bits per heavy atom. The van der Waals surface area contributed by atoms with E-state index in [2.05, 4.69) is 5.32 Å². The average Bonchev–Trinajstić information content (AvgIpc) is 3.60. The number of rotatable bonds is 8. The number of hydrogen-bond acceptors (Lipinski definition) is 6. The van der Waals surface area contributed by atoms with Gasteiger partial charge in [-0.1, -0.05) is 23.7 Å². The maximum Gasteiger partial charge on any atom is 0.264 e. The zero-order valence-electron chi connectivity index (χ0n) is 20.8. The second-order valence-corrected chi connectivity index (χ2v) is 11.1. The van der Waals surface area contributed by atoms with Crippen LogP contribution in [0, 0.1) is 5.82 Å². The molecule has 0 radical (unpaired) electrons. The third-order valence-electron chi connectivity index (χ3n) is 6.90. The summed E-state index contributed by atoms with van der Waals surface area (Å²) < 4.78 is 20.5. The van der Waals surface area contributed by atoms with Gasteiger partial charge < -0.3 is 15.0 Å². The van der Waals surface area contributed by atoms with E-state index < -0.39 is 11.7 Å². The largest absolute Gasteiger partial charge is 0.472 e. The molecule has 0 aliphatic carbocycles. The van der Waals surface area contributed by atoms with Crippen LogP contribution in [0.1, 0.15) is 46.0 Å². The van der Waals surface area contributed by atoms with E-state index in [-0.39, 0.29) is 48.4 Å². The Kier molecular flexibility index (Phi) is 7.67. The Bertz CT molecular complexity index is 1370. The van der Waals surface area contributed by atoms with Crippen molar-refractivity contribution in [2.45, 2.75) is 31.6 Å². The smallest absolute Gasteiger partial charge is 0.264 e. The number of anilines is 2. The van der Waals surface area contributed by atoms with Gasteiger partial charge in [0.25, 0.3) is 5.91 Å². The topological polar surface area (TPSA) is 79.0 Å². The first-order valence-corrected chi connectivity index (χ1v) is 13.6. The van der Waals surface area contributed by atoms with Gasteiger partial charge in [-0.05, 0) is 48.7 Å². The Labute approximate surface area is 229 Å². The normalized spacial score (nSPS) is 15.7. The van der Waals surface area contributed by atoms with Crippen LogP contribution in [0.4, 0.5) is 15.8 Å². The summed E-state index contributed by atoms with van der Waals surface area (Å²) in [6, 6.07) is 13.3. The lowest BCUT2D eigenvalue weighted by Gasteiger charge is -2.29. The van der Waals surface area contributed by atoms with Crippen LogP contribution in [-0.4, -0.2) is 49.4 Å². The summed E-state index contributed by atoms with van der Waals surface area (Å²) in [6.07, 6.45) is 2.22. The molecule has 1 unspecified atom stereocenters. The van der Waals surface area contributed by atoms with Gasteiger partial charge in [0, 0.05) is 49.6 Å². The number of nitrogens with zero attached hydrogens (tertiary/aromatic N) is 2. The lowest BCUT2D eigenvalue weighted by molar-refractivity contribution is -0.134. The van der Waals surface area contributed by atoms with Crippen molar-refractivity contribution in [1.29, 1.82) is 0 Å². The average molecular weight is 556 g/mol. The zero-order chi connectivity index (χ0) is 26.8. The third kappa shape index (κ3) is 5.39. The molecule has 2 aliphatic rings. The van der Waals surface area contributed by atoms with Gasteiger partial charge in [0.05, 0.1) is 21.5 Å². The van der Waals surface area contributed by atoms with Crippen molar-refractivity contribution >= 4 is 51.9 Å². The van der Waals surface area contributed by atoms with Crippen molar-refractivity contribution in [3.63, 3.8) is 0 Å². The first-order valence-electron chi connectivity index (χ1n) is 12.4. The molecule has 2 aromatic carbocycles. The molecule has 3 heterocycles. The molecule has 0 spiro atoms. The highest BCUT2D eigenvalue weighted by molar-refractivity contribution is 7.16. The molecule has 0 bridgehead atoms. The molecule has 1 N–H and O–H groups in total. The highest BCUT2D eigenvalue weighted by Crippen LogP contribution is 2.34. The summed E-state index contributed by atoms with van der Waals surface area (Å²) >= 11 is 7.46. The number of benzene rings is 2. The fourth-order valence-corrected chi connectivity index (χ4v) is 6.02. The van der Waals surface area contributed by atoms with Crippen molar-refractivity contribution in [1.82, 2.24) is 4.90 Å². The number of halogens is 2. The number of carbonyl (C=O) groups is 3. The maximum absolute atomic E-state index is 14.2. The van der Waals surface area contributed by atoms with Gasteiger partial charge >= 0.3 is 0 Å². The van der Waals surface area contributed by atoms with E-state index in [1.807, 2.05) is 11.0 Å². The zero-order valence-corrected chi connectivity index (χ0v) is 22.4. The van der Waals surface area contributed by atoms with Crippen molar-refractivity contribution in [2.24, 2.45) is 0 Å². The SMILES string of the molecule is CNc1cc2c(cc1F)C(=O)N(c1ccc(CC(=O)CC(C(=O)N3CCCC3)c3ccc(Cl)s3)cc1)CO2. The molecule has 3 aromatic rings. The number of thiophene rings is 1. The van der Waals surface area contributed by atoms with Crippen LogP contribution in [0.2, 0.25) is 4.34 Å². The third-order valence-corrected chi connectivity index (χ3v) is 8.24. The standard InChI is InChI=1S/C28H27ClFN3O4S/c1-31-23-15-24-20(14-22(23)30)28(36)33(16-37-24)18-6-4-17(5-7-18)12-19(34)13-21(25-8-9-26(29)38-25)27(35)32-10-2-3-11-32/h4-9,14-15,21,31H,2-3,10-13,16H2,1H3. The number of Topliss-reactive ketones (excluding diaryl/α,β-unsaturated/α-hetero) is 1. The van der Waals surface area contributed by atoms with E-state index in [0.717, 1.165) is 36.4 Å². The fraction of sp³-hybridized carbons (Fsp3) is 0.321. The van der Waals surface area contributed by atoms with E-state index in [1.165, 1.54) is 28.4 Å². The van der Waals surface area contributed by atoms with Crippen LogP contribution >= 0.6 is 22.9 Å². The highest BCUT2D eigenvalue weighted by atomic mass is 35.5. The summed E-state index contributed by atoms with van der Waals surface area (Å²) in [5, 5.41) is 2.73. The molecular weight excluding hydrogens is 529 g/mol. The molecule has 1 atom stereocenters. The van der Waals surface area contributed by atoms with Crippen LogP contribution in [0.15, 0.2) is 48.5 Å². The van der Waals surface area contributed by atoms with Crippen molar-refractivity contribution in [3.8, 4) is 5.75 Å². The van der Waals surface area contributed by atoms with Crippen LogP contribution in [0.5, 0.6) is 5.75 Å². The minimum absolute atomic E-state index is 0.0113. The maximum atomic E-state index is 14.2. The monoisotopic (exact) mass is 555 g/mol. The van der Waals surface area contributed by atoms with Crippen molar-refractivity contribution in [2.75, 3.05) is 37.1 Å². The molecule has 7 nitrogen and oxygen atoms in total. The first-order chi connectivity index (χ1) is 18.3. The minimum Gasteiger partial charge on any atom is -0.472 e. The van der Waals surface area contributed by atoms with Crippen molar-refractivity contribution < 1.29 is 23.5 Å². The summed E-state index contributed by atoms with van der Waals surface area (Å²) in [4.78, 5) is 43.3. The first kappa shape index (κ1) is 26.2. The summed E-state index contributed by atoms with van der Waals surface area (Å²) in [6.45, 7) is 1.43. The molecule has 1 fully saturated rings. The molecule has 10 heteroatoms. The Morgan fingerprint density at radius 3 is 2.53 bits per heavy atom. The molecule has 198 valence electrons. The van der Waals surface area contributed by atoms with Crippen molar-refractivity contribution in [3.05, 3.63) is 74.7 Å². The molecular formula is C28H27ClFN3O4S. The summed E-state index contributed by atoms with van der Waals surface area (Å²) in [5.41, 5.74) is 1.75. The Balaban J connectivity index is 1.26. The van der Waals surface area contributed by atoms with Crippen LogP contribution in [0.3, 0.4) is 0 Å². The van der Waals surface area contributed by atoms with Gasteiger partial charge in [-0.3, -0.25) is 19.3 Å². The van der Waals surface area contributed by atoms with E-state index in [9.17, 15) is 18.8 Å². The lowest BCUT2D eigenvalue weighted by Crippen LogP contribution is -2.38. The Morgan fingerprint density at radius 1 is 1.13 bits per heavy atom. The van der Waals surface area contributed by atoms with Crippen LogP contribution in [-0.2, 0) is 16.0 Å². The van der Waals surface area contributed by atoms with Gasteiger partial charge in [0.15, 0.2) is 6.73 Å². The minimum atomic E-state index is -0.538. The highest BCUT2D eigenvalue weighted by Gasteiger charge is 2.31. The van der Waals surface area contributed by atoms with Gasteiger partial charge in [0.2, 0.25) is 5.91 Å². The molecule has 2 aliphatic heterocycles. The quantitative estimate of drug-likeness (QED) is 0.398.